The van der Waals surface area contributed by atoms with Gasteiger partial charge in [0.2, 0.25) is 11.1 Å². The van der Waals surface area contributed by atoms with E-state index in [1.165, 1.54) is 18.2 Å². The van der Waals surface area contributed by atoms with Gasteiger partial charge in [0.1, 0.15) is 5.52 Å². The number of rotatable bonds is 3. The van der Waals surface area contributed by atoms with Gasteiger partial charge in [0.25, 0.3) is 0 Å². The summed E-state index contributed by atoms with van der Waals surface area (Å²) in [5, 5.41) is 10.5. The van der Waals surface area contributed by atoms with Crippen molar-refractivity contribution in [1.82, 2.24) is 25.1 Å². The van der Waals surface area contributed by atoms with Crippen molar-refractivity contribution in [1.29, 1.82) is 0 Å². The standard InChI is InChI=1S/C17H18ClN5OS/c1-10-4-2-3-7-23(10)14(24)9-25-17-20-16-15(21-22-17)12-8-11(18)5-6-13(12)19-16/h5-6,8,10H,2-4,7,9H2,1H3,(H,19,20,22). The summed E-state index contributed by atoms with van der Waals surface area (Å²) in [5.74, 6) is 0.480. The Morgan fingerprint density at radius 1 is 1.40 bits per heavy atom. The molecule has 1 aromatic carbocycles. The molecule has 25 heavy (non-hydrogen) atoms. The van der Waals surface area contributed by atoms with E-state index in [0.29, 0.717) is 33.1 Å². The van der Waals surface area contributed by atoms with E-state index in [1.54, 1.807) is 0 Å². The van der Waals surface area contributed by atoms with E-state index in [0.717, 1.165) is 30.3 Å². The molecule has 3 heterocycles. The Balaban J connectivity index is 1.52. The number of H-pyrrole nitrogens is 1. The summed E-state index contributed by atoms with van der Waals surface area (Å²) in [4.78, 5) is 22.1. The molecule has 1 aliphatic heterocycles. The third-order valence-electron chi connectivity index (χ3n) is 4.61. The van der Waals surface area contributed by atoms with Crippen molar-refractivity contribution in [2.75, 3.05) is 12.3 Å². The van der Waals surface area contributed by atoms with Crippen LogP contribution in [0, 0.1) is 0 Å². The van der Waals surface area contributed by atoms with E-state index in [2.05, 4.69) is 27.1 Å². The lowest BCUT2D eigenvalue weighted by Crippen LogP contribution is -2.42. The molecule has 2 aromatic heterocycles. The Morgan fingerprint density at radius 2 is 2.28 bits per heavy atom. The van der Waals surface area contributed by atoms with Gasteiger partial charge >= 0.3 is 0 Å². The number of likely N-dealkylation sites (tertiary alicyclic amines) is 1. The van der Waals surface area contributed by atoms with Crippen molar-refractivity contribution in [2.45, 2.75) is 37.4 Å². The molecule has 130 valence electrons. The molecule has 1 unspecified atom stereocenters. The lowest BCUT2D eigenvalue weighted by Gasteiger charge is -2.33. The molecule has 1 N–H and O–H groups in total. The molecule has 1 fully saturated rings. The van der Waals surface area contributed by atoms with Gasteiger partial charge in [-0.25, -0.2) is 4.98 Å². The molecular weight excluding hydrogens is 358 g/mol. The van der Waals surface area contributed by atoms with E-state index in [-0.39, 0.29) is 5.91 Å². The summed E-state index contributed by atoms with van der Waals surface area (Å²) in [6.45, 7) is 2.96. The first-order valence-electron chi connectivity index (χ1n) is 8.36. The van der Waals surface area contributed by atoms with E-state index in [4.69, 9.17) is 11.6 Å². The first kappa shape index (κ1) is 16.6. The maximum Gasteiger partial charge on any atom is 0.233 e. The van der Waals surface area contributed by atoms with Gasteiger partial charge in [-0.15, -0.1) is 10.2 Å². The predicted octanol–water partition coefficient (Wildman–Crippen LogP) is 3.65. The maximum absolute atomic E-state index is 12.4. The van der Waals surface area contributed by atoms with Crippen LogP contribution in [-0.4, -0.2) is 49.3 Å². The highest BCUT2D eigenvalue weighted by atomic mass is 35.5. The first-order valence-corrected chi connectivity index (χ1v) is 9.72. The summed E-state index contributed by atoms with van der Waals surface area (Å²) < 4.78 is 0. The Morgan fingerprint density at radius 3 is 3.12 bits per heavy atom. The Hall–Kier alpha value is -1.86. The smallest absolute Gasteiger partial charge is 0.233 e. The summed E-state index contributed by atoms with van der Waals surface area (Å²) in [7, 11) is 0. The number of halogens is 1. The number of hydrogen-bond acceptors (Lipinski definition) is 5. The minimum atomic E-state index is 0.143. The third-order valence-corrected chi connectivity index (χ3v) is 5.66. The quantitative estimate of drug-likeness (QED) is 0.707. The van der Waals surface area contributed by atoms with Gasteiger partial charge in [-0.2, -0.15) is 0 Å². The summed E-state index contributed by atoms with van der Waals surface area (Å²) in [5.41, 5.74) is 2.27. The number of nitrogens with zero attached hydrogens (tertiary/aromatic N) is 4. The fraction of sp³-hybridized carbons (Fsp3) is 0.412. The van der Waals surface area contributed by atoms with Crippen LogP contribution in [0.15, 0.2) is 23.4 Å². The van der Waals surface area contributed by atoms with E-state index >= 15 is 0 Å². The highest BCUT2D eigenvalue weighted by Crippen LogP contribution is 2.26. The van der Waals surface area contributed by atoms with E-state index in [1.807, 2.05) is 23.1 Å². The Labute approximate surface area is 154 Å². The number of carbonyl (C=O) groups excluding carboxylic acids is 1. The largest absolute Gasteiger partial charge is 0.339 e. The van der Waals surface area contributed by atoms with Crippen LogP contribution in [0.1, 0.15) is 26.2 Å². The number of amides is 1. The minimum absolute atomic E-state index is 0.143. The van der Waals surface area contributed by atoms with Gasteiger partial charge in [-0.1, -0.05) is 23.4 Å². The number of aromatic nitrogens is 4. The molecule has 0 radical (unpaired) electrons. The lowest BCUT2D eigenvalue weighted by molar-refractivity contribution is -0.131. The average molecular weight is 376 g/mol. The SMILES string of the molecule is CC1CCCCN1C(=O)CSc1nnc2c(n1)[nH]c1ccc(Cl)cc12. The van der Waals surface area contributed by atoms with Gasteiger partial charge in [0.15, 0.2) is 5.65 Å². The number of nitrogens with one attached hydrogen (secondary N) is 1. The molecule has 0 saturated carbocycles. The van der Waals surface area contributed by atoms with Crippen molar-refractivity contribution in [3.63, 3.8) is 0 Å². The summed E-state index contributed by atoms with van der Waals surface area (Å²) in [6, 6.07) is 5.89. The molecule has 6 nitrogen and oxygen atoms in total. The number of carbonyl (C=O) groups is 1. The Bertz CT molecular complexity index is 943. The van der Waals surface area contributed by atoms with Crippen molar-refractivity contribution in [3.8, 4) is 0 Å². The van der Waals surface area contributed by atoms with Crippen LogP contribution in [0.3, 0.4) is 0 Å². The van der Waals surface area contributed by atoms with Gasteiger partial charge in [0.05, 0.1) is 5.75 Å². The van der Waals surface area contributed by atoms with Crippen LogP contribution in [0.2, 0.25) is 5.02 Å². The second-order valence-corrected chi connectivity index (χ2v) is 7.71. The predicted molar refractivity (Wildman–Crippen MR) is 99.9 cm³/mol. The van der Waals surface area contributed by atoms with Crippen LogP contribution >= 0.6 is 23.4 Å². The molecule has 4 rings (SSSR count). The normalized spacial score (nSPS) is 18.2. The van der Waals surface area contributed by atoms with Crippen LogP contribution in [0.4, 0.5) is 0 Å². The third kappa shape index (κ3) is 3.30. The second-order valence-electron chi connectivity index (χ2n) is 6.33. The maximum atomic E-state index is 12.4. The molecule has 8 heteroatoms. The number of thioether (sulfide) groups is 1. The van der Waals surface area contributed by atoms with E-state index < -0.39 is 0 Å². The zero-order chi connectivity index (χ0) is 17.4. The van der Waals surface area contributed by atoms with Crippen molar-refractivity contribution < 1.29 is 4.79 Å². The average Bonchev–Trinajstić information content (AvgIpc) is 2.97. The molecule has 0 aliphatic carbocycles. The number of hydrogen-bond donors (Lipinski definition) is 1. The molecule has 1 aliphatic rings. The second kappa shape index (κ2) is 6.80. The summed E-state index contributed by atoms with van der Waals surface area (Å²) in [6.07, 6.45) is 3.37. The van der Waals surface area contributed by atoms with Gasteiger partial charge < -0.3 is 9.88 Å². The van der Waals surface area contributed by atoms with Crippen LogP contribution in [0.25, 0.3) is 22.1 Å². The highest BCUT2D eigenvalue weighted by Gasteiger charge is 2.23. The topological polar surface area (TPSA) is 74.8 Å². The van der Waals surface area contributed by atoms with Crippen molar-refractivity contribution >= 4 is 51.3 Å². The Kier molecular flexibility index (Phi) is 4.52. The van der Waals surface area contributed by atoms with E-state index in [9.17, 15) is 4.79 Å². The number of benzene rings is 1. The first-order chi connectivity index (χ1) is 12.1. The van der Waals surface area contributed by atoms with Crippen LogP contribution < -0.4 is 0 Å². The number of fused-ring (bicyclic) bond motifs is 3. The zero-order valence-corrected chi connectivity index (χ0v) is 15.4. The van der Waals surface area contributed by atoms with Crippen molar-refractivity contribution in [3.05, 3.63) is 23.2 Å². The highest BCUT2D eigenvalue weighted by molar-refractivity contribution is 7.99. The molecule has 1 amide bonds. The molecular formula is C17H18ClN5OS. The monoisotopic (exact) mass is 375 g/mol. The molecule has 0 spiro atoms. The fourth-order valence-corrected chi connectivity index (χ4v) is 4.11. The molecule has 1 atom stereocenters. The summed E-state index contributed by atoms with van der Waals surface area (Å²) >= 11 is 7.38. The number of aromatic amines is 1. The minimum Gasteiger partial charge on any atom is -0.339 e. The van der Waals surface area contributed by atoms with Gasteiger partial charge in [-0.05, 0) is 44.4 Å². The molecule has 0 bridgehead atoms. The van der Waals surface area contributed by atoms with Crippen molar-refractivity contribution in [2.24, 2.45) is 0 Å². The van der Waals surface area contributed by atoms with Gasteiger partial charge in [-0.3, -0.25) is 4.79 Å². The molecule has 3 aromatic rings. The van der Waals surface area contributed by atoms with Gasteiger partial charge in [0, 0.05) is 28.5 Å². The lowest BCUT2D eigenvalue weighted by atomic mass is 10.0. The van der Waals surface area contributed by atoms with Crippen LogP contribution in [0.5, 0.6) is 0 Å². The zero-order valence-electron chi connectivity index (χ0n) is 13.8. The van der Waals surface area contributed by atoms with Crippen LogP contribution in [-0.2, 0) is 4.79 Å². The fourth-order valence-electron chi connectivity index (χ4n) is 3.27. The molecule has 1 saturated heterocycles. The number of piperidine rings is 1.